The molecule has 2 aliphatic heterocycles. The first-order valence-corrected chi connectivity index (χ1v) is 17.3. The van der Waals surface area contributed by atoms with Crippen LogP contribution in [0, 0.1) is 13.8 Å². The van der Waals surface area contributed by atoms with Gasteiger partial charge in [0.15, 0.2) is 0 Å². The average Bonchev–Trinajstić information content (AvgIpc) is 3.02. The highest BCUT2D eigenvalue weighted by Crippen LogP contribution is 2.60. The van der Waals surface area contributed by atoms with Gasteiger partial charge in [-0.15, -0.1) is 0 Å². The van der Waals surface area contributed by atoms with Gasteiger partial charge >= 0.3 is 0 Å². The predicted octanol–water partition coefficient (Wildman–Crippen LogP) is 10.7. The molecule has 3 atom stereocenters. The number of ether oxygens (including phenoxy) is 2. The van der Waals surface area contributed by atoms with Crippen LogP contribution < -0.4 is 4.57 Å². The van der Waals surface area contributed by atoms with E-state index in [1.54, 1.807) is 0 Å². The van der Waals surface area contributed by atoms with Gasteiger partial charge in [-0.05, 0) is 105 Å². The minimum atomic E-state index is -0.904. The number of aryl methyl sites for hydroxylation is 3. The number of allylic oxidation sites excluding steroid dienone is 1. The highest BCUT2D eigenvalue weighted by molar-refractivity contribution is 5.83. The molecule has 4 aromatic rings. The average molecular weight is 603 g/mol. The van der Waals surface area contributed by atoms with E-state index in [-0.39, 0.29) is 11.5 Å². The van der Waals surface area contributed by atoms with Crippen molar-refractivity contribution in [3.8, 4) is 22.4 Å². The number of unbranched alkanes of at least 4 members (excludes halogenated alkanes) is 1. The van der Waals surface area contributed by atoms with Crippen LogP contribution in [0.15, 0.2) is 78.6 Å². The Morgan fingerprint density at radius 3 is 2.16 bits per heavy atom. The van der Waals surface area contributed by atoms with Crippen LogP contribution in [-0.2, 0) is 26.8 Å². The number of aromatic nitrogens is 1. The zero-order valence-corrected chi connectivity index (χ0v) is 29.0. The fraction of sp³-hybridized carbons (Fsp3) is 0.452. The van der Waals surface area contributed by atoms with Crippen molar-refractivity contribution in [1.29, 1.82) is 0 Å². The van der Waals surface area contributed by atoms with Gasteiger partial charge in [-0.2, -0.15) is 4.57 Å². The van der Waals surface area contributed by atoms with E-state index in [0.717, 1.165) is 31.4 Å². The lowest BCUT2D eigenvalue weighted by Crippen LogP contribution is -2.80. The summed E-state index contributed by atoms with van der Waals surface area (Å²) >= 11 is 0. The maximum Gasteiger partial charge on any atom is 0.274 e. The zero-order valence-electron chi connectivity index (χ0n) is 29.0. The molecule has 2 aliphatic rings. The lowest BCUT2D eigenvalue weighted by atomic mass is 9.53. The molecule has 0 radical (unpaired) electrons. The molecule has 3 heteroatoms. The van der Waals surface area contributed by atoms with Crippen LogP contribution >= 0.6 is 0 Å². The largest absolute Gasteiger partial charge is 0.460 e. The van der Waals surface area contributed by atoms with Gasteiger partial charge in [0, 0.05) is 30.4 Å². The van der Waals surface area contributed by atoms with Crippen LogP contribution in [0.1, 0.15) is 103 Å². The Morgan fingerprint density at radius 2 is 1.51 bits per heavy atom. The number of hydrogen-bond acceptors (Lipinski definition) is 2. The van der Waals surface area contributed by atoms with Crippen molar-refractivity contribution in [3.05, 3.63) is 101 Å². The molecule has 0 spiro atoms. The molecule has 0 saturated heterocycles. The van der Waals surface area contributed by atoms with Gasteiger partial charge in [0.2, 0.25) is 16.7 Å². The summed E-state index contributed by atoms with van der Waals surface area (Å²) in [5, 5.41) is 1.25. The first kappa shape index (κ1) is 31.5. The Kier molecular flexibility index (Phi) is 8.23. The van der Waals surface area contributed by atoms with E-state index in [1.807, 2.05) is 0 Å². The highest BCUT2D eigenvalue weighted by Gasteiger charge is 2.73. The fourth-order valence-electron chi connectivity index (χ4n) is 9.49. The minimum Gasteiger partial charge on any atom is -0.460 e. The Morgan fingerprint density at radius 1 is 0.800 bits per heavy atom. The SMILES string of the molecule is CCCCc1ccc(-c2cc(C)c3c(c2)-c2c(C)cc4ccccc4[n+]2C(CC)(C2(C)OC(C)=CC(C)O2)C3(CC)CC)cc1. The van der Waals surface area contributed by atoms with Crippen molar-refractivity contribution < 1.29 is 14.0 Å². The summed E-state index contributed by atoms with van der Waals surface area (Å²) in [6.45, 7) is 20.4. The molecule has 3 unspecified atom stereocenters. The number of fused-ring (bicyclic) bond motifs is 5. The Bertz CT molecular complexity index is 1760. The first-order chi connectivity index (χ1) is 21.6. The number of nitrogens with zero attached hydrogens (tertiary/aromatic N) is 1. The number of rotatable bonds is 8. The molecular formula is C42H52NO2+. The maximum atomic E-state index is 7.05. The molecule has 0 bridgehead atoms. The van der Waals surface area contributed by atoms with Gasteiger partial charge in [0.05, 0.1) is 22.8 Å². The topological polar surface area (TPSA) is 22.3 Å². The molecule has 45 heavy (non-hydrogen) atoms. The lowest BCUT2D eigenvalue weighted by molar-refractivity contribution is -0.777. The second kappa shape index (κ2) is 11.7. The second-order valence-electron chi connectivity index (χ2n) is 13.7. The van der Waals surface area contributed by atoms with Crippen LogP contribution in [0.25, 0.3) is 33.3 Å². The molecule has 0 amide bonds. The number of para-hydroxylation sites is 1. The quantitative estimate of drug-likeness (QED) is 0.187. The molecular weight excluding hydrogens is 550 g/mol. The molecule has 3 heterocycles. The van der Waals surface area contributed by atoms with Gasteiger partial charge in [-0.25, -0.2) is 0 Å². The van der Waals surface area contributed by atoms with E-state index in [2.05, 4.69) is 140 Å². The van der Waals surface area contributed by atoms with Crippen molar-refractivity contribution >= 4 is 10.9 Å². The minimum absolute atomic E-state index is 0.0520. The zero-order chi connectivity index (χ0) is 32.1. The monoisotopic (exact) mass is 602 g/mol. The summed E-state index contributed by atoms with van der Waals surface area (Å²) in [5.41, 5.74) is 11.1. The first-order valence-electron chi connectivity index (χ1n) is 17.3. The molecule has 1 aromatic heterocycles. The van der Waals surface area contributed by atoms with E-state index in [1.165, 1.54) is 68.4 Å². The second-order valence-corrected chi connectivity index (χ2v) is 13.7. The van der Waals surface area contributed by atoms with E-state index in [9.17, 15) is 0 Å². The molecule has 0 aliphatic carbocycles. The fourth-order valence-corrected chi connectivity index (χ4v) is 9.49. The molecule has 0 fully saturated rings. The molecule has 3 nitrogen and oxygen atoms in total. The molecule has 0 saturated carbocycles. The summed E-state index contributed by atoms with van der Waals surface area (Å²) < 4.78 is 16.7. The molecule has 0 N–H and O–H groups in total. The van der Waals surface area contributed by atoms with Crippen LogP contribution in [0.2, 0.25) is 0 Å². The third kappa shape index (κ3) is 4.60. The smallest absolute Gasteiger partial charge is 0.274 e. The maximum absolute atomic E-state index is 7.05. The van der Waals surface area contributed by atoms with Crippen LogP contribution in [0.3, 0.4) is 0 Å². The van der Waals surface area contributed by atoms with E-state index in [4.69, 9.17) is 9.47 Å². The van der Waals surface area contributed by atoms with Gasteiger partial charge in [-0.1, -0.05) is 76.6 Å². The summed E-state index contributed by atoms with van der Waals surface area (Å²) in [6, 6.07) is 25.5. The van der Waals surface area contributed by atoms with E-state index >= 15 is 0 Å². The summed E-state index contributed by atoms with van der Waals surface area (Å²) in [4.78, 5) is 0. The summed E-state index contributed by atoms with van der Waals surface area (Å²) in [7, 11) is 0. The summed E-state index contributed by atoms with van der Waals surface area (Å²) in [5.74, 6) is 0.0311. The summed E-state index contributed by atoms with van der Waals surface area (Å²) in [6.07, 6.45) is 8.42. The van der Waals surface area contributed by atoms with E-state index < -0.39 is 11.3 Å². The van der Waals surface area contributed by atoms with Crippen molar-refractivity contribution in [3.63, 3.8) is 0 Å². The van der Waals surface area contributed by atoms with Crippen molar-refractivity contribution in [2.45, 2.75) is 124 Å². The van der Waals surface area contributed by atoms with Gasteiger partial charge in [0.1, 0.15) is 0 Å². The molecule has 3 aromatic carbocycles. The predicted molar refractivity (Wildman–Crippen MR) is 187 cm³/mol. The Balaban J connectivity index is 1.73. The van der Waals surface area contributed by atoms with Crippen LogP contribution in [0.5, 0.6) is 0 Å². The number of pyridine rings is 1. The molecule has 6 rings (SSSR count). The third-order valence-electron chi connectivity index (χ3n) is 11.2. The highest BCUT2D eigenvalue weighted by atomic mass is 16.7. The van der Waals surface area contributed by atoms with Crippen molar-refractivity contribution in [1.82, 2.24) is 0 Å². The number of benzene rings is 3. The van der Waals surface area contributed by atoms with Crippen LogP contribution in [0.4, 0.5) is 0 Å². The standard InChI is InChI=1S/C42H52NO2/c1-10-14-17-32-20-22-33(23-21-32)35-24-28(5)38-36(27-35)39-29(6)25-34-18-15-16-19-37(34)43(39)42(13-4,41(38,11-2)12-3)40(9)44-30(7)26-31(8)45-40/h15-16,18-27,30H,10-14,17H2,1-9H3/q+1. The van der Waals surface area contributed by atoms with Crippen molar-refractivity contribution in [2.75, 3.05) is 0 Å². The van der Waals surface area contributed by atoms with Gasteiger partial charge in [-0.3, -0.25) is 0 Å². The van der Waals surface area contributed by atoms with E-state index in [0.29, 0.717) is 0 Å². The van der Waals surface area contributed by atoms with Gasteiger partial charge in [0.25, 0.3) is 5.79 Å². The van der Waals surface area contributed by atoms with Crippen molar-refractivity contribution in [2.24, 2.45) is 0 Å². The van der Waals surface area contributed by atoms with Gasteiger partial charge < -0.3 is 9.47 Å². The Hall–Kier alpha value is -3.43. The third-order valence-corrected chi connectivity index (χ3v) is 11.2. The molecule has 236 valence electrons. The lowest BCUT2D eigenvalue weighted by Gasteiger charge is -2.57. The Labute approximate surface area is 271 Å². The normalized spacial score (nSPS) is 23.7. The number of hydrogen-bond donors (Lipinski definition) is 0. The van der Waals surface area contributed by atoms with Crippen LogP contribution in [-0.4, -0.2) is 11.9 Å².